The lowest BCUT2D eigenvalue weighted by atomic mass is 10.2. The number of ether oxygens (including phenoxy) is 2. The maximum absolute atomic E-state index is 12.8. The van der Waals surface area contributed by atoms with Gasteiger partial charge in [0, 0.05) is 6.08 Å². The van der Waals surface area contributed by atoms with E-state index in [-0.39, 0.29) is 18.2 Å². The van der Waals surface area contributed by atoms with Crippen LogP contribution in [-0.4, -0.2) is 30.3 Å². The van der Waals surface area contributed by atoms with Crippen LogP contribution in [0.3, 0.4) is 0 Å². The fourth-order valence-corrected chi connectivity index (χ4v) is 2.76. The summed E-state index contributed by atoms with van der Waals surface area (Å²) >= 11 is 1.04. The van der Waals surface area contributed by atoms with Gasteiger partial charge in [0.25, 0.3) is 0 Å². The summed E-state index contributed by atoms with van der Waals surface area (Å²) in [6.07, 6.45) is -3.72. The van der Waals surface area contributed by atoms with Crippen LogP contribution in [0.15, 0.2) is 24.0 Å². The number of aromatic nitrogens is 1. The zero-order valence-corrected chi connectivity index (χ0v) is 13.3. The molecule has 0 spiro atoms. The quantitative estimate of drug-likeness (QED) is 0.595. The van der Waals surface area contributed by atoms with E-state index in [1.807, 2.05) is 0 Å². The molecule has 0 aliphatic carbocycles. The summed E-state index contributed by atoms with van der Waals surface area (Å²) in [6.45, 7) is 3.32. The minimum atomic E-state index is -4.58. The van der Waals surface area contributed by atoms with Crippen LogP contribution in [0.1, 0.15) is 29.2 Å². The number of benzene rings is 1. The Kier molecular flexibility index (Phi) is 5.25. The lowest BCUT2D eigenvalue weighted by Crippen LogP contribution is -2.14. The first-order valence-electron chi connectivity index (χ1n) is 6.84. The number of nitrogens with zero attached hydrogens (tertiary/aromatic N) is 1. The van der Waals surface area contributed by atoms with E-state index in [1.54, 1.807) is 19.1 Å². The third-order valence-electron chi connectivity index (χ3n) is 2.75. The van der Waals surface area contributed by atoms with Crippen molar-refractivity contribution in [3.63, 3.8) is 0 Å². The molecule has 124 valence electrons. The van der Waals surface area contributed by atoms with Gasteiger partial charge in [-0.2, -0.15) is 13.2 Å². The van der Waals surface area contributed by atoms with Gasteiger partial charge in [-0.25, -0.2) is 9.78 Å². The molecule has 0 aliphatic rings. The topological polar surface area (TPSA) is 48.4 Å². The molecule has 0 fully saturated rings. The first-order valence-corrected chi connectivity index (χ1v) is 7.66. The molecule has 2 rings (SSSR count). The van der Waals surface area contributed by atoms with Gasteiger partial charge in [0.1, 0.15) is 5.01 Å². The van der Waals surface area contributed by atoms with Crippen molar-refractivity contribution in [3.8, 4) is 0 Å². The van der Waals surface area contributed by atoms with Gasteiger partial charge in [-0.3, -0.25) is 0 Å². The molecule has 0 aliphatic heterocycles. The predicted octanol–water partition coefficient (Wildman–Crippen LogP) is 4.41. The lowest BCUT2D eigenvalue weighted by molar-refractivity contribution is -0.128. The van der Waals surface area contributed by atoms with Gasteiger partial charge < -0.3 is 9.47 Å². The highest BCUT2D eigenvalue weighted by Gasteiger charge is 2.36. The van der Waals surface area contributed by atoms with Crippen molar-refractivity contribution in [2.24, 2.45) is 0 Å². The predicted molar refractivity (Wildman–Crippen MR) is 81.2 cm³/mol. The summed E-state index contributed by atoms with van der Waals surface area (Å²) in [7, 11) is 0. The molecule has 1 heterocycles. The normalized spacial score (nSPS) is 12.5. The second-order valence-electron chi connectivity index (χ2n) is 4.39. The molecule has 1 aromatic carbocycles. The Hall–Kier alpha value is -2.09. The van der Waals surface area contributed by atoms with Crippen LogP contribution < -0.4 is 0 Å². The van der Waals surface area contributed by atoms with Crippen molar-refractivity contribution in [2.75, 3.05) is 13.2 Å². The molecule has 0 N–H and O–H groups in total. The fraction of sp³-hybridized carbons (Fsp3) is 0.333. The Morgan fingerprint density at radius 1 is 1.26 bits per heavy atom. The highest BCUT2D eigenvalue weighted by atomic mass is 32.1. The fourth-order valence-electron chi connectivity index (χ4n) is 1.82. The van der Waals surface area contributed by atoms with Crippen molar-refractivity contribution in [2.45, 2.75) is 20.0 Å². The molecule has 0 amide bonds. The summed E-state index contributed by atoms with van der Waals surface area (Å²) in [6, 6.07) is 4.65. The molecule has 0 saturated heterocycles. The minimum absolute atomic E-state index is 0.0940. The van der Waals surface area contributed by atoms with Crippen LogP contribution in [0.4, 0.5) is 13.2 Å². The summed E-state index contributed by atoms with van der Waals surface area (Å²) in [5.41, 5.74) is 0.840. The van der Waals surface area contributed by atoms with Crippen molar-refractivity contribution in [1.29, 1.82) is 0 Å². The molecule has 8 heteroatoms. The van der Waals surface area contributed by atoms with Crippen molar-refractivity contribution in [1.82, 2.24) is 4.98 Å². The third-order valence-corrected chi connectivity index (χ3v) is 3.72. The minimum Gasteiger partial charge on any atom is -0.489 e. The first-order chi connectivity index (χ1) is 10.8. The van der Waals surface area contributed by atoms with Gasteiger partial charge in [-0.1, -0.05) is 0 Å². The number of allylic oxidation sites excluding steroid dienone is 1. The molecule has 0 bridgehead atoms. The number of carbonyl (C=O) groups is 1. The maximum Gasteiger partial charge on any atom is 0.449 e. The standard InChI is InChI=1S/C15H14F3NO3S/c1-3-21-12(15(16,17)18)8-13-19-10-6-5-9(7-11(10)23-13)14(20)22-4-2/h5-8H,3-4H2,1-2H3/b12-8-. The van der Waals surface area contributed by atoms with E-state index in [0.29, 0.717) is 15.8 Å². The second-order valence-corrected chi connectivity index (χ2v) is 5.46. The van der Waals surface area contributed by atoms with Crippen molar-refractivity contribution >= 4 is 33.6 Å². The van der Waals surface area contributed by atoms with Crippen LogP contribution in [0.2, 0.25) is 0 Å². The van der Waals surface area contributed by atoms with E-state index < -0.39 is 17.9 Å². The second kappa shape index (κ2) is 6.99. The molecule has 0 saturated carbocycles. The monoisotopic (exact) mass is 345 g/mol. The Bertz CT molecular complexity index is 737. The molecule has 23 heavy (non-hydrogen) atoms. The number of rotatable bonds is 5. The SMILES string of the molecule is CCOC(=O)c1ccc2nc(/C=C(\OCC)C(F)(F)F)sc2c1. The van der Waals surface area contributed by atoms with Crippen LogP contribution in [0, 0.1) is 0 Å². The van der Waals surface area contributed by atoms with E-state index in [2.05, 4.69) is 9.72 Å². The smallest absolute Gasteiger partial charge is 0.449 e. The number of esters is 1. The number of thiazole rings is 1. The van der Waals surface area contributed by atoms with Gasteiger partial charge >= 0.3 is 12.1 Å². The highest BCUT2D eigenvalue weighted by Crippen LogP contribution is 2.31. The van der Waals surface area contributed by atoms with Gasteiger partial charge in [0.05, 0.1) is 29.0 Å². The van der Waals surface area contributed by atoms with Crippen LogP contribution in [0.5, 0.6) is 0 Å². The molecule has 0 atom stereocenters. The van der Waals surface area contributed by atoms with Crippen LogP contribution in [0.25, 0.3) is 16.3 Å². The Labute approximate surface area is 134 Å². The summed E-state index contributed by atoms with van der Waals surface area (Å²) < 4.78 is 48.6. The summed E-state index contributed by atoms with van der Waals surface area (Å²) in [5, 5.41) is 0.154. The number of halogens is 3. The van der Waals surface area contributed by atoms with E-state index in [1.165, 1.54) is 13.0 Å². The highest BCUT2D eigenvalue weighted by molar-refractivity contribution is 7.19. The Morgan fingerprint density at radius 3 is 2.57 bits per heavy atom. The molecule has 2 aromatic rings. The van der Waals surface area contributed by atoms with Gasteiger partial charge in [-0.15, -0.1) is 11.3 Å². The Morgan fingerprint density at radius 2 is 1.96 bits per heavy atom. The number of carbonyl (C=O) groups excluding carboxylic acids is 1. The molecule has 0 unspecified atom stereocenters. The molecular weight excluding hydrogens is 331 g/mol. The number of hydrogen-bond donors (Lipinski definition) is 0. The van der Waals surface area contributed by atoms with Crippen LogP contribution >= 0.6 is 11.3 Å². The van der Waals surface area contributed by atoms with E-state index in [9.17, 15) is 18.0 Å². The van der Waals surface area contributed by atoms with Gasteiger partial charge in [0.15, 0.2) is 0 Å². The van der Waals surface area contributed by atoms with E-state index in [0.717, 1.165) is 17.4 Å². The van der Waals surface area contributed by atoms with E-state index in [4.69, 9.17) is 4.74 Å². The zero-order valence-electron chi connectivity index (χ0n) is 12.4. The number of hydrogen-bond acceptors (Lipinski definition) is 5. The number of fused-ring (bicyclic) bond motifs is 1. The van der Waals surface area contributed by atoms with Gasteiger partial charge in [0.2, 0.25) is 5.76 Å². The zero-order chi connectivity index (χ0) is 17.0. The number of alkyl halides is 3. The summed E-state index contributed by atoms with van der Waals surface area (Å²) in [5.74, 6) is -1.57. The lowest BCUT2D eigenvalue weighted by Gasteiger charge is -2.10. The van der Waals surface area contributed by atoms with Crippen molar-refractivity contribution in [3.05, 3.63) is 34.5 Å². The maximum atomic E-state index is 12.8. The largest absolute Gasteiger partial charge is 0.489 e. The van der Waals surface area contributed by atoms with Gasteiger partial charge in [-0.05, 0) is 32.0 Å². The van der Waals surface area contributed by atoms with Crippen molar-refractivity contribution < 1.29 is 27.4 Å². The third kappa shape index (κ3) is 4.22. The Balaban J connectivity index is 2.38. The molecule has 0 radical (unpaired) electrons. The average molecular weight is 345 g/mol. The molecule has 1 aromatic heterocycles. The first kappa shape index (κ1) is 17.3. The molecule has 4 nitrogen and oxygen atoms in total. The van der Waals surface area contributed by atoms with Crippen LogP contribution in [-0.2, 0) is 9.47 Å². The average Bonchev–Trinajstić information content (AvgIpc) is 2.87. The summed E-state index contributed by atoms with van der Waals surface area (Å²) in [4.78, 5) is 15.8. The van der Waals surface area contributed by atoms with E-state index >= 15 is 0 Å². The molecular formula is C15H14F3NO3S.